The van der Waals surface area contributed by atoms with Crippen LogP contribution in [-0.2, 0) is 26.2 Å². The van der Waals surface area contributed by atoms with Crippen LogP contribution < -0.4 is 5.32 Å². The number of methoxy groups -OCH3 is 1. The smallest absolute Gasteiger partial charge is 0.252 e. The Bertz CT molecular complexity index is 842. The number of rotatable bonds is 6. The summed E-state index contributed by atoms with van der Waals surface area (Å²) in [5.74, 6) is -0.247. The Morgan fingerprint density at radius 1 is 1.27 bits per heavy atom. The van der Waals surface area contributed by atoms with E-state index >= 15 is 0 Å². The number of carbonyl (C=O) groups excluding carboxylic acids is 1. The van der Waals surface area contributed by atoms with Crippen LogP contribution in [0.15, 0.2) is 46.0 Å². The number of nitrogens with zero attached hydrogens (tertiary/aromatic N) is 1. The average Bonchev–Trinajstić information content (AvgIpc) is 3.18. The van der Waals surface area contributed by atoms with Crippen LogP contribution in [-0.4, -0.2) is 38.8 Å². The van der Waals surface area contributed by atoms with Crippen LogP contribution in [0.4, 0.5) is 5.69 Å². The number of amides is 1. The topological polar surface area (TPSA) is 75.7 Å². The first kappa shape index (κ1) is 19.0. The van der Waals surface area contributed by atoms with Gasteiger partial charge in [-0.25, -0.2) is 8.42 Å². The van der Waals surface area contributed by atoms with E-state index in [2.05, 4.69) is 5.32 Å². The van der Waals surface area contributed by atoms with Crippen molar-refractivity contribution in [1.29, 1.82) is 0 Å². The summed E-state index contributed by atoms with van der Waals surface area (Å²) in [4.78, 5) is 12.5. The van der Waals surface area contributed by atoms with Crippen molar-refractivity contribution in [2.24, 2.45) is 5.92 Å². The normalized spacial score (nSPS) is 16.5. The summed E-state index contributed by atoms with van der Waals surface area (Å²) < 4.78 is 32.0. The zero-order chi connectivity index (χ0) is 18.6. The minimum atomic E-state index is -3.43. The number of anilines is 1. The molecule has 1 N–H and O–H groups in total. The molecular weight excluding hydrogens is 372 g/mol. The molecular formula is C18H22N2O4S2. The second-order valence-corrected chi connectivity index (χ2v) is 9.35. The van der Waals surface area contributed by atoms with E-state index in [-0.39, 0.29) is 11.8 Å². The van der Waals surface area contributed by atoms with E-state index in [1.165, 1.54) is 15.6 Å². The van der Waals surface area contributed by atoms with Crippen LogP contribution in [0, 0.1) is 5.92 Å². The molecule has 0 bridgehead atoms. The van der Waals surface area contributed by atoms with E-state index in [4.69, 9.17) is 4.74 Å². The average molecular weight is 395 g/mol. The fourth-order valence-corrected chi connectivity index (χ4v) is 5.66. The molecule has 26 heavy (non-hydrogen) atoms. The Labute approximate surface area is 157 Å². The highest BCUT2D eigenvalue weighted by Crippen LogP contribution is 2.27. The SMILES string of the molecule is COCc1cccc(NC(=O)C2CCN(S(=O)(=O)c3cccs3)CC2)c1. The number of hydrogen-bond donors (Lipinski definition) is 1. The van der Waals surface area contributed by atoms with Gasteiger partial charge in [0, 0.05) is 31.8 Å². The Hall–Kier alpha value is -1.74. The molecule has 8 heteroatoms. The van der Waals surface area contributed by atoms with Gasteiger partial charge in [0.1, 0.15) is 4.21 Å². The van der Waals surface area contributed by atoms with Gasteiger partial charge < -0.3 is 10.1 Å². The van der Waals surface area contributed by atoms with Crippen LogP contribution >= 0.6 is 11.3 Å². The van der Waals surface area contributed by atoms with E-state index in [0.29, 0.717) is 36.7 Å². The highest BCUT2D eigenvalue weighted by atomic mass is 32.2. The lowest BCUT2D eigenvalue weighted by molar-refractivity contribution is -0.120. The second-order valence-electron chi connectivity index (χ2n) is 6.23. The van der Waals surface area contributed by atoms with Gasteiger partial charge in [-0.15, -0.1) is 11.3 Å². The van der Waals surface area contributed by atoms with Gasteiger partial charge in [-0.3, -0.25) is 4.79 Å². The minimum absolute atomic E-state index is 0.0623. The molecule has 1 aliphatic rings. The zero-order valence-corrected chi connectivity index (χ0v) is 16.2. The standard InChI is InChI=1S/C18H22N2O4S2/c1-24-13-14-4-2-5-16(12-14)19-18(21)15-7-9-20(10-8-15)26(22,23)17-6-3-11-25-17/h2-6,11-12,15H,7-10,13H2,1H3,(H,19,21). The van der Waals surface area contributed by atoms with Crippen molar-refractivity contribution < 1.29 is 17.9 Å². The number of piperidine rings is 1. The molecule has 1 aliphatic heterocycles. The van der Waals surface area contributed by atoms with E-state index < -0.39 is 10.0 Å². The van der Waals surface area contributed by atoms with Gasteiger partial charge in [0.25, 0.3) is 10.0 Å². The maximum absolute atomic E-state index is 12.5. The number of hydrogen-bond acceptors (Lipinski definition) is 5. The molecule has 1 saturated heterocycles. The highest BCUT2D eigenvalue weighted by molar-refractivity contribution is 7.91. The molecule has 3 rings (SSSR count). The lowest BCUT2D eigenvalue weighted by Crippen LogP contribution is -2.41. The summed E-state index contributed by atoms with van der Waals surface area (Å²) in [7, 11) is -1.80. The third-order valence-electron chi connectivity index (χ3n) is 4.42. The molecule has 0 radical (unpaired) electrons. The summed E-state index contributed by atoms with van der Waals surface area (Å²) in [6.07, 6.45) is 1.04. The molecule has 1 aromatic carbocycles. The third-order valence-corrected chi connectivity index (χ3v) is 7.69. The van der Waals surface area contributed by atoms with Gasteiger partial charge in [0.05, 0.1) is 6.61 Å². The molecule has 0 saturated carbocycles. The molecule has 1 amide bonds. The number of sulfonamides is 1. The van der Waals surface area contributed by atoms with Crippen molar-refractivity contribution in [1.82, 2.24) is 4.31 Å². The molecule has 140 valence electrons. The van der Waals surface area contributed by atoms with Gasteiger partial charge in [-0.05, 0) is 42.0 Å². The summed E-state index contributed by atoms with van der Waals surface area (Å²) >= 11 is 1.22. The Kier molecular flexibility index (Phi) is 6.08. The second kappa shape index (κ2) is 8.30. The highest BCUT2D eigenvalue weighted by Gasteiger charge is 2.32. The van der Waals surface area contributed by atoms with Crippen LogP contribution in [0.25, 0.3) is 0 Å². The number of carbonyl (C=O) groups is 1. The third kappa shape index (κ3) is 4.32. The molecule has 0 unspecified atom stereocenters. The molecule has 0 aliphatic carbocycles. The molecule has 0 spiro atoms. The minimum Gasteiger partial charge on any atom is -0.380 e. The van der Waals surface area contributed by atoms with E-state index in [1.807, 2.05) is 24.3 Å². The number of ether oxygens (including phenoxy) is 1. The first-order chi connectivity index (χ1) is 12.5. The van der Waals surface area contributed by atoms with Crippen LogP contribution in [0.2, 0.25) is 0 Å². The van der Waals surface area contributed by atoms with E-state index in [0.717, 1.165) is 11.3 Å². The molecule has 1 aromatic heterocycles. The van der Waals surface area contributed by atoms with Crippen LogP contribution in [0.3, 0.4) is 0 Å². The lowest BCUT2D eigenvalue weighted by Gasteiger charge is -2.30. The number of thiophene rings is 1. The van der Waals surface area contributed by atoms with Crippen molar-refractivity contribution in [3.05, 3.63) is 47.3 Å². The summed E-state index contributed by atoms with van der Waals surface area (Å²) in [5, 5.41) is 4.69. The fourth-order valence-electron chi connectivity index (χ4n) is 3.05. The molecule has 0 atom stereocenters. The summed E-state index contributed by atoms with van der Waals surface area (Å²) in [6.45, 7) is 1.22. The predicted octanol–water partition coefficient (Wildman–Crippen LogP) is 2.93. The van der Waals surface area contributed by atoms with Gasteiger partial charge >= 0.3 is 0 Å². The zero-order valence-electron chi connectivity index (χ0n) is 14.6. The quantitative estimate of drug-likeness (QED) is 0.817. The van der Waals surface area contributed by atoms with Gasteiger partial charge in [-0.1, -0.05) is 18.2 Å². The monoisotopic (exact) mass is 394 g/mol. The largest absolute Gasteiger partial charge is 0.380 e. The molecule has 6 nitrogen and oxygen atoms in total. The maximum atomic E-state index is 12.5. The van der Waals surface area contributed by atoms with E-state index in [1.54, 1.807) is 24.6 Å². The van der Waals surface area contributed by atoms with Gasteiger partial charge in [-0.2, -0.15) is 4.31 Å². The summed E-state index contributed by atoms with van der Waals surface area (Å²) in [5.41, 5.74) is 1.72. The molecule has 2 aromatic rings. The van der Waals surface area contributed by atoms with Crippen LogP contribution in [0.5, 0.6) is 0 Å². The van der Waals surface area contributed by atoms with Crippen molar-refractivity contribution in [3.8, 4) is 0 Å². The molecule has 1 fully saturated rings. The fraction of sp³-hybridized carbons (Fsp3) is 0.389. The predicted molar refractivity (Wildman–Crippen MR) is 102 cm³/mol. The Morgan fingerprint density at radius 3 is 2.69 bits per heavy atom. The first-order valence-corrected chi connectivity index (χ1v) is 10.7. The van der Waals surface area contributed by atoms with E-state index in [9.17, 15) is 13.2 Å². The van der Waals surface area contributed by atoms with Crippen molar-refractivity contribution in [2.75, 3.05) is 25.5 Å². The lowest BCUT2D eigenvalue weighted by atomic mass is 9.97. The summed E-state index contributed by atoms with van der Waals surface area (Å²) in [6, 6.07) is 10.9. The number of benzene rings is 1. The first-order valence-electron chi connectivity index (χ1n) is 8.43. The van der Waals surface area contributed by atoms with Crippen molar-refractivity contribution >= 4 is 33.0 Å². The Morgan fingerprint density at radius 2 is 2.04 bits per heavy atom. The molecule has 2 heterocycles. The number of nitrogens with one attached hydrogen (secondary N) is 1. The van der Waals surface area contributed by atoms with Crippen molar-refractivity contribution in [2.45, 2.75) is 23.7 Å². The Balaban J connectivity index is 1.58. The van der Waals surface area contributed by atoms with Gasteiger partial charge in [0.15, 0.2) is 0 Å². The van der Waals surface area contributed by atoms with Crippen molar-refractivity contribution in [3.63, 3.8) is 0 Å². The maximum Gasteiger partial charge on any atom is 0.252 e. The van der Waals surface area contributed by atoms with Gasteiger partial charge in [0.2, 0.25) is 5.91 Å². The van der Waals surface area contributed by atoms with Crippen LogP contribution in [0.1, 0.15) is 18.4 Å².